The molecule has 2 N–H and O–H groups in total. The van der Waals surface area contributed by atoms with Crippen molar-refractivity contribution in [1.29, 1.82) is 0 Å². The van der Waals surface area contributed by atoms with Crippen LogP contribution >= 0.6 is 0 Å². The number of carbonyl (C=O) groups excluding carboxylic acids is 3. The number of aryl methyl sites for hydroxylation is 1. The van der Waals surface area contributed by atoms with Crippen LogP contribution in [0.15, 0.2) is 36.4 Å². The van der Waals surface area contributed by atoms with Crippen molar-refractivity contribution in [2.45, 2.75) is 63.6 Å². The van der Waals surface area contributed by atoms with E-state index >= 15 is 0 Å². The van der Waals surface area contributed by atoms with Gasteiger partial charge in [-0.25, -0.2) is 0 Å². The number of nitrogens with one attached hydrogen (secondary N) is 2. The number of hydrogen-bond acceptors (Lipinski definition) is 4. The van der Waals surface area contributed by atoms with Crippen molar-refractivity contribution in [3.05, 3.63) is 53.3 Å². The van der Waals surface area contributed by atoms with Crippen LogP contribution in [0.2, 0.25) is 0 Å². The maximum atomic E-state index is 13.0. The third-order valence-corrected chi connectivity index (χ3v) is 6.68. The van der Waals surface area contributed by atoms with Crippen LogP contribution in [0.4, 0.5) is 0 Å². The second-order valence-corrected chi connectivity index (χ2v) is 9.01. The molecule has 1 aromatic heterocycles. The van der Waals surface area contributed by atoms with E-state index in [-0.39, 0.29) is 36.0 Å². The van der Waals surface area contributed by atoms with E-state index in [2.05, 4.69) is 27.9 Å². The Morgan fingerprint density at radius 3 is 2.62 bits per heavy atom. The summed E-state index contributed by atoms with van der Waals surface area (Å²) in [4.78, 5) is 40.1. The number of aromatic nitrogens is 2. The van der Waals surface area contributed by atoms with Gasteiger partial charge >= 0.3 is 0 Å². The Morgan fingerprint density at radius 1 is 1.19 bits per heavy atom. The molecular weight excluding hydrogens is 406 g/mol. The van der Waals surface area contributed by atoms with Gasteiger partial charge in [0.15, 0.2) is 5.69 Å². The van der Waals surface area contributed by atoms with Crippen molar-refractivity contribution in [1.82, 2.24) is 25.3 Å². The highest BCUT2D eigenvalue weighted by atomic mass is 16.2. The molecule has 4 rings (SSSR count). The molecule has 1 fully saturated rings. The topological polar surface area (TPSA) is 96.3 Å². The summed E-state index contributed by atoms with van der Waals surface area (Å²) >= 11 is 0. The van der Waals surface area contributed by atoms with Gasteiger partial charge in [-0.1, -0.05) is 43.2 Å². The van der Waals surface area contributed by atoms with Crippen molar-refractivity contribution in [3.8, 4) is 0 Å². The van der Waals surface area contributed by atoms with Gasteiger partial charge in [-0.05, 0) is 38.2 Å². The fourth-order valence-electron chi connectivity index (χ4n) is 4.48. The molecule has 2 aliphatic rings. The third kappa shape index (κ3) is 4.40. The highest BCUT2D eigenvalue weighted by Crippen LogP contribution is 2.27. The Bertz CT molecular complexity index is 996. The van der Waals surface area contributed by atoms with Gasteiger partial charge in [0.05, 0.1) is 6.54 Å². The van der Waals surface area contributed by atoms with Crippen LogP contribution in [0.3, 0.4) is 0 Å². The second kappa shape index (κ2) is 9.14. The molecule has 8 heteroatoms. The lowest BCUT2D eigenvalue weighted by atomic mass is 9.95. The molecular formula is C24H31N5O3. The molecule has 1 unspecified atom stereocenters. The molecule has 2 aromatic rings. The smallest absolute Gasteiger partial charge is 0.272 e. The number of benzene rings is 1. The van der Waals surface area contributed by atoms with E-state index in [1.54, 1.807) is 14.0 Å². The minimum Gasteiger partial charge on any atom is -0.351 e. The van der Waals surface area contributed by atoms with Gasteiger partial charge in [0.25, 0.3) is 11.8 Å². The van der Waals surface area contributed by atoms with Crippen LogP contribution in [0.25, 0.3) is 0 Å². The molecule has 8 nitrogen and oxygen atoms in total. The first-order valence-corrected chi connectivity index (χ1v) is 11.4. The van der Waals surface area contributed by atoms with Crippen molar-refractivity contribution in [2.75, 3.05) is 13.6 Å². The first-order valence-electron chi connectivity index (χ1n) is 11.4. The maximum Gasteiger partial charge on any atom is 0.272 e. The monoisotopic (exact) mass is 437 g/mol. The number of carbonyl (C=O) groups is 3. The zero-order valence-electron chi connectivity index (χ0n) is 18.8. The minimum absolute atomic E-state index is 0.166. The van der Waals surface area contributed by atoms with E-state index in [9.17, 15) is 14.4 Å². The minimum atomic E-state index is -1.05. The summed E-state index contributed by atoms with van der Waals surface area (Å²) in [6.07, 6.45) is 5.86. The number of amides is 3. The number of hydrogen-bond donors (Lipinski definition) is 2. The molecule has 0 bridgehead atoms. The molecule has 1 aromatic carbocycles. The molecule has 2 heterocycles. The SMILES string of the molecule is CN1C(=O)c2cc(C(=O)NCCCc3ccccc3)nn2CC1(C)C(=O)NC1CCCC1. The van der Waals surface area contributed by atoms with Gasteiger partial charge in [-0.3, -0.25) is 19.1 Å². The fraction of sp³-hybridized carbons (Fsp3) is 0.500. The molecule has 3 amide bonds. The first-order chi connectivity index (χ1) is 15.4. The molecule has 1 atom stereocenters. The van der Waals surface area contributed by atoms with Crippen molar-refractivity contribution >= 4 is 17.7 Å². The predicted octanol–water partition coefficient (Wildman–Crippen LogP) is 2.15. The first kappa shape index (κ1) is 22.0. The van der Waals surface area contributed by atoms with Crippen LogP contribution in [-0.2, 0) is 17.8 Å². The van der Waals surface area contributed by atoms with Gasteiger partial charge in [-0.2, -0.15) is 5.10 Å². The summed E-state index contributed by atoms with van der Waals surface area (Å²) in [5.74, 6) is -0.795. The lowest BCUT2D eigenvalue weighted by Gasteiger charge is -2.41. The molecule has 1 aliphatic heterocycles. The van der Waals surface area contributed by atoms with E-state index < -0.39 is 5.54 Å². The summed E-state index contributed by atoms with van der Waals surface area (Å²) in [5.41, 5.74) is 0.695. The summed E-state index contributed by atoms with van der Waals surface area (Å²) < 4.78 is 1.50. The quantitative estimate of drug-likeness (QED) is 0.649. The Kier molecular flexibility index (Phi) is 6.30. The van der Waals surface area contributed by atoms with Gasteiger partial charge in [0.2, 0.25) is 5.91 Å². The molecule has 1 saturated carbocycles. The second-order valence-electron chi connectivity index (χ2n) is 9.01. The number of fused-ring (bicyclic) bond motifs is 1. The Morgan fingerprint density at radius 2 is 1.91 bits per heavy atom. The van der Waals surface area contributed by atoms with Gasteiger partial charge < -0.3 is 15.5 Å². The lowest BCUT2D eigenvalue weighted by Crippen LogP contribution is -2.63. The van der Waals surface area contributed by atoms with E-state index in [1.165, 1.54) is 21.2 Å². The van der Waals surface area contributed by atoms with Gasteiger partial charge in [0, 0.05) is 25.7 Å². The zero-order valence-corrected chi connectivity index (χ0v) is 18.8. The number of likely N-dealkylation sites (N-methyl/N-ethyl adjacent to an activating group) is 1. The summed E-state index contributed by atoms with van der Waals surface area (Å²) in [6.45, 7) is 2.48. The predicted molar refractivity (Wildman–Crippen MR) is 120 cm³/mol. The van der Waals surface area contributed by atoms with Crippen LogP contribution in [0, 0.1) is 0 Å². The number of nitrogens with zero attached hydrogens (tertiary/aromatic N) is 3. The van der Waals surface area contributed by atoms with Crippen LogP contribution in [0.1, 0.15) is 65.6 Å². The summed E-state index contributed by atoms with van der Waals surface area (Å²) in [7, 11) is 1.64. The molecule has 170 valence electrons. The molecule has 0 radical (unpaired) electrons. The van der Waals surface area contributed by atoms with E-state index in [1.807, 2.05) is 18.2 Å². The summed E-state index contributed by atoms with van der Waals surface area (Å²) in [5, 5.41) is 10.3. The van der Waals surface area contributed by atoms with Crippen LogP contribution in [-0.4, -0.2) is 57.6 Å². The molecule has 0 saturated heterocycles. The van der Waals surface area contributed by atoms with E-state index in [0.29, 0.717) is 12.2 Å². The van der Waals surface area contributed by atoms with Crippen molar-refractivity contribution in [3.63, 3.8) is 0 Å². The summed E-state index contributed by atoms with van der Waals surface area (Å²) in [6, 6.07) is 11.8. The molecule has 1 aliphatic carbocycles. The van der Waals surface area contributed by atoms with E-state index in [4.69, 9.17) is 0 Å². The third-order valence-electron chi connectivity index (χ3n) is 6.68. The van der Waals surface area contributed by atoms with Gasteiger partial charge in [0.1, 0.15) is 11.2 Å². The largest absolute Gasteiger partial charge is 0.351 e. The lowest BCUT2D eigenvalue weighted by molar-refractivity contribution is -0.133. The Hall–Kier alpha value is -3.16. The Labute approximate surface area is 188 Å². The average Bonchev–Trinajstić information content (AvgIpc) is 3.45. The maximum absolute atomic E-state index is 13.0. The van der Waals surface area contributed by atoms with Gasteiger partial charge in [-0.15, -0.1) is 0 Å². The number of rotatable bonds is 7. The highest BCUT2D eigenvalue weighted by molar-refractivity contribution is 6.01. The zero-order chi connectivity index (χ0) is 22.7. The molecule has 0 spiro atoms. The van der Waals surface area contributed by atoms with E-state index in [0.717, 1.165) is 38.5 Å². The van der Waals surface area contributed by atoms with Crippen molar-refractivity contribution in [2.24, 2.45) is 0 Å². The van der Waals surface area contributed by atoms with Crippen molar-refractivity contribution < 1.29 is 14.4 Å². The standard InChI is InChI=1S/C24H31N5O3/c1-24(23(32)26-18-12-6-7-13-18)16-29-20(22(31)28(24)2)15-19(27-29)21(30)25-14-8-11-17-9-4-3-5-10-17/h3-5,9-10,15,18H,6-8,11-14,16H2,1-2H3,(H,25,30)(H,26,32). The Balaban J connectivity index is 1.39. The van der Waals surface area contributed by atoms with Crippen LogP contribution < -0.4 is 10.6 Å². The average molecular weight is 438 g/mol. The highest BCUT2D eigenvalue weighted by Gasteiger charge is 2.46. The fourth-order valence-corrected chi connectivity index (χ4v) is 4.48. The van der Waals surface area contributed by atoms with Crippen LogP contribution in [0.5, 0.6) is 0 Å². The normalized spacial score (nSPS) is 20.8. The molecule has 32 heavy (non-hydrogen) atoms.